The topological polar surface area (TPSA) is 35.5 Å². The smallest absolute Gasteiger partial charge is 0.147 e. The van der Waals surface area contributed by atoms with Gasteiger partial charge < -0.3 is 0 Å². The normalized spacial score (nSPS) is 12.2. The average Bonchev–Trinajstić information content (AvgIpc) is 2.35. The van der Waals surface area contributed by atoms with Crippen LogP contribution in [0.3, 0.4) is 0 Å². The van der Waals surface area contributed by atoms with Crippen molar-refractivity contribution in [1.82, 2.24) is 0 Å². The van der Waals surface area contributed by atoms with Crippen molar-refractivity contribution in [3.05, 3.63) is 35.4 Å². The molecule has 0 aliphatic heterocycles. The molecular formula is C11H11ClO3S. The van der Waals surface area contributed by atoms with Crippen molar-refractivity contribution in [2.75, 3.05) is 7.11 Å². The molecule has 1 aromatic carbocycles. The number of rotatable bonds is 5. The zero-order valence-electron chi connectivity index (χ0n) is 8.90. The molecule has 0 radical (unpaired) electrons. The molecule has 1 rings (SSSR count). The highest BCUT2D eigenvalue weighted by atomic mass is 35.5. The number of aldehydes is 1. The predicted octanol–water partition coefficient (Wildman–Crippen LogP) is 3.44. The average molecular weight is 259 g/mol. The minimum atomic E-state index is 0.458. The third-order valence-corrected chi connectivity index (χ3v) is 3.01. The lowest BCUT2D eigenvalue weighted by Gasteiger charge is -2.03. The van der Waals surface area contributed by atoms with Crippen molar-refractivity contribution < 1.29 is 14.0 Å². The van der Waals surface area contributed by atoms with E-state index in [1.54, 1.807) is 6.92 Å². The highest BCUT2D eigenvalue weighted by molar-refractivity contribution is 7.94. The van der Waals surface area contributed by atoms with Gasteiger partial charge in [0, 0.05) is 10.5 Å². The lowest BCUT2D eigenvalue weighted by atomic mass is 10.1. The second-order valence-corrected chi connectivity index (χ2v) is 4.11. The van der Waals surface area contributed by atoms with Gasteiger partial charge in [-0.1, -0.05) is 23.7 Å². The molecule has 0 atom stereocenters. The van der Waals surface area contributed by atoms with Crippen molar-refractivity contribution in [2.45, 2.75) is 11.8 Å². The largest absolute Gasteiger partial charge is 0.298 e. The summed E-state index contributed by atoms with van der Waals surface area (Å²) >= 11 is 7.10. The molecule has 0 aliphatic rings. The van der Waals surface area contributed by atoms with Gasteiger partial charge in [-0.05, 0) is 24.6 Å². The Morgan fingerprint density at radius 2 is 2.00 bits per heavy atom. The summed E-state index contributed by atoms with van der Waals surface area (Å²) in [7, 11) is 1.44. The van der Waals surface area contributed by atoms with Gasteiger partial charge in [-0.3, -0.25) is 4.79 Å². The van der Waals surface area contributed by atoms with Crippen LogP contribution in [0.1, 0.15) is 12.5 Å². The number of carbonyl (C=O) groups excluding carboxylic acids is 1. The first-order chi connectivity index (χ1) is 7.69. The Labute approximate surface area is 104 Å². The minimum Gasteiger partial charge on any atom is -0.298 e. The van der Waals surface area contributed by atoms with Crippen LogP contribution in [0, 0.1) is 0 Å². The Bertz CT molecular complexity index is 387. The van der Waals surface area contributed by atoms with Crippen LogP contribution in [0.4, 0.5) is 0 Å². The van der Waals surface area contributed by atoms with Crippen LogP contribution < -0.4 is 0 Å². The van der Waals surface area contributed by atoms with Crippen LogP contribution in [0.2, 0.25) is 0 Å². The van der Waals surface area contributed by atoms with E-state index in [0.717, 1.165) is 28.8 Å². The summed E-state index contributed by atoms with van der Waals surface area (Å²) in [4.78, 5) is 15.9. The van der Waals surface area contributed by atoms with Crippen LogP contribution in [0.25, 0.3) is 5.03 Å². The molecule has 0 amide bonds. The van der Waals surface area contributed by atoms with Gasteiger partial charge in [0.1, 0.15) is 6.29 Å². The first-order valence-corrected chi connectivity index (χ1v) is 5.60. The van der Waals surface area contributed by atoms with E-state index in [9.17, 15) is 4.79 Å². The fourth-order valence-corrected chi connectivity index (χ4v) is 1.57. The molecule has 0 N–H and O–H groups in total. The molecular weight excluding hydrogens is 248 g/mol. The molecule has 1 aromatic rings. The lowest BCUT2D eigenvalue weighted by Crippen LogP contribution is -1.85. The second kappa shape index (κ2) is 6.70. The molecule has 0 unspecified atom stereocenters. The summed E-state index contributed by atoms with van der Waals surface area (Å²) in [5.41, 5.74) is 1.31. The molecule has 3 nitrogen and oxygen atoms in total. The molecule has 0 saturated heterocycles. The monoisotopic (exact) mass is 258 g/mol. The number of halogens is 1. The zero-order valence-corrected chi connectivity index (χ0v) is 10.5. The molecule has 0 spiro atoms. The maximum atomic E-state index is 10.5. The predicted molar refractivity (Wildman–Crippen MR) is 64.9 cm³/mol. The van der Waals surface area contributed by atoms with Gasteiger partial charge in [-0.2, -0.15) is 4.33 Å². The number of hydrogen-bond donors (Lipinski definition) is 0. The van der Waals surface area contributed by atoms with E-state index >= 15 is 0 Å². The number of benzene rings is 1. The van der Waals surface area contributed by atoms with E-state index in [-0.39, 0.29) is 0 Å². The van der Waals surface area contributed by atoms with Gasteiger partial charge in [-0.15, -0.1) is 0 Å². The zero-order chi connectivity index (χ0) is 12.0. The fourth-order valence-electron chi connectivity index (χ4n) is 1.01. The molecule has 16 heavy (non-hydrogen) atoms. The van der Waals surface area contributed by atoms with E-state index in [1.165, 1.54) is 7.11 Å². The third kappa shape index (κ3) is 3.64. The van der Waals surface area contributed by atoms with Crippen LogP contribution in [0.15, 0.2) is 34.7 Å². The quantitative estimate of drug-likeness (QED) is 0.266. The summed E-state index contributed by atoms with van der Waals surface area (Å²) in [5.74, 6) is 0. The van der Waals surface area contributed by atoms with Crippen LogP contribution in [-0.4, -0.2) is 13.4 Å². The van der Waals surface area contributed by atoms with Gasteiger partial charge >= 0.3 is 0 Å². The number of allylic oxidation sites excluding steroid dienone is 1. The molecule has 0 bridgehead atoms. The van der Waals surface area contributed by atoms with Crippen LogP contribution >= 0.6 is 23.6 Å². The summed E-state index contributed by atoms with van der Waals surface area (Å²) in [6.07, 6.45) is 0.735. The maximum Gasteiger partial charge on any atom is 0.147 e. The van der Waals surface area contributed by atoms with Crippen molar-refractivity contribution in [2.24, 2.45) is 0 Å². The number of hydrogen-bond acceptors (Lipinski definition) is 4. The van der Waals surface area contributed by atoms with Gasteiger partial charge in [0.25, 0.3) is 0 Å². The van der Waals surface area contributed by atoms with Crippen molar-refractivity contribution >= 4 is 35.0 Å². The standard InChI is InChI=1S/C11H11ClO3S/c1-8(7-13)11(12)9-3-5-10(6-4-9)16-15-14-2/h3-7H,1-2H3/b11-8-. The maximum absolute atomic E-state index is 10.5. The first-order valence-electron chi connectivity index (χ1n) is 4.48. The van der Waals surface area contributed by atoms with E-state index in [2.05, 4.69) is 4.89 Å². The van der Waals surface area contributed by atoms with E-state index < -0.39 is 0 Å². The number of carbonyl (C=O) groups is 1. The molecule has 0 aliphatic carbocycles. The molecule has 0 saturated carbocycles. The van der Waals surface area contributed by atoms with E-state index in [0.29, 0.717) is 10.6 Å². The summed E-state index contributed by atoms with van der Waals surface area (Å²) in [6, 6.07) is 7.30. The molecule has 0 aromatic heterocycles. The third-order valence-electron chi connectivity index (χ3n) is 1.83. The van der Waals surface area contributed by atoms with Crippen LogP contribution in [0.5, 0.6) is 0 Å². The Morgan fingerprint density at radius 3 is 2.50 bits per heavy atom. The van der Waals surface area contributed by atoms with E-state index in [4.69, 9.17) is 15.9 Å². The highest BCUT2D eigenvalue weighted by Crippen LogP contribution is 2.25. The summed E-state index contributed by atoms with van der Waals surface area (Å²) in [5, 5.41) is 0.458. The Balaban J connectivity index is 2.82. The molecule has 86 valence electrons. The van der Waals surface area contributed by atoms with Gasteiger partial charge in [0.15, 0.2) is 0 Å². The van der Waals surface area contributed by atoms with Crippen molar-refractivity contribution in [1.29, 1.82) is 0 Å². The Kier molecular flexibility index (Phi) is 5.55. The van der Waals surface area contributed by atoms with Crippen molar-refractivity contribution in [3.63, 3.8) is 0 Å². The fraction of sp³-hybridized carbons (Fsp3) is 0.182. The Morgan fingerprint density at radius 1 is 1.38 bits per heavy atom. The summed E-state index contributed by atoms with van der Waals surface area (Å²) < 4.78 is 4.70. The van der Waals surface area contributed by atoms with Gasteiger partial charge in [0.2, 0.25) is 0 Å². The molecule has 0 fully saturated rings. The van der Waals surface area contributed by atoms with Crippen LogP contribution in [-0.2, 0) is 14.0 Å². The highest BCUT2D eigenvalue weighted by Gasteiger charge is 2.03. The molecule has 5 heteroatoms. The minimum absolute atomic E-state index is 0.458. The van der Waals surface area contributed by atoms with Crippen molar-refractivity contribution in [3.8, 4) is 0 Å². The van der Waals surface area contributed by atoms with Gasteiger partial charge in [-0.25, -0.2) is 4.89 Å². The van der Waals surface area contributed by atoms with E-state index in [1.807, 2.05) is 24.3 Å². The van der Waals surface area contributed by atoms with Gasteiger partial charge in [0.05, 0.1) is 24.2 Å². The SMILES string of the molecule is COOSc1ccc(/C(Cl)=C(\C)C=O)cc1. The first kappa shape index (κ1) is 13.3. The Hall–Kier alpha value is -0.810. The molecule has 0 heterocycles. The second-order valence-electron chi connectivity index (χ2n) is 2.96. The summed E-state index contributed by atoms with van der Waals surface area (Å²) in [6.45, 7) is 1.67. The lowest BCUT2D eigenvalue weighted by molar-refractivity contribution is -0.160.